The fourth-order valence-corrected chi connectivity index (χ4v) is 2.83. The molecular formula is C18H29FO3Si. The van der Waals surface area contributed by atoms with E-state index < -0.39 is 14.3 Å². The number of hydrogen-bond acceptors (Lipinski definition) is 3. The zero-order chi connectivity index (χ0) is 17.7. The largest absolute Gasteiger partial charge is 0.462 e. The van der Waals surface area contributed by atoms with Crippen molar-refractivity contribution in [1.29, 1.82) is 0 Å². The quantitative estimate of drug-likeness (QED) is 0.520. The van der Waals surface area contributed by atoms with Crippen LogP contribution >= 0.6 is 0 Å². The van der Waals surface area contributed by atoms with Crippen molar-refractivity contribution < 1.29 is 18.3 Å². The van der Waals surface area contributed by atoms with Crippen LogP contribution in [0.2, 0.25) is 18.1 Å². The molecule has 0 fully saturated rings. The normalized spacial score (nSPS) is 12.3. The molecule has 23 heavy (non-hydrogen) atoms. The number of carbonyl (C=O) groups excluding carboxylic acids is 1. The van der Waals surface area contributed by atoms with Crippen molar-refractivity contribution >= 4 is 14.3 Å². The predicted octanol–water partition coefficient (Wildman–Crippen LogP) is 4.96. The number of benzene rings is 1. The lowest BCUT2D eigenvalue weighted by Crippen LogP contribution is -2.41. The molecule has 1 aromatic rings. The minimum absolute atomic E-state index is 0.137. The summed E-state index contributed by atoms with van der Waals surface area (Å²) in [6, 6.07) is 4.51. The van der Waals surface area contributed by atoms with Crippen LogP contribution in [0.4, 0.5) is 4.39 Å². The molecule has 1 aromatic carbocycles. The molecule has 0 unspecified atom stereocenters. The van der Waals surface area contributed by atoms with Gasteiger partial charge in [-0.1, -0.05) is 33.8 Å². The molecule has 1 rings (SSSR count). The molecule has 0 N–H and O–H groups in total. The van der Waals surface area contributed by atoms with Crippen molar-refractivity contribution in [3.8, 4) is 0 Å². The lowest BCUT2D eigenvalue weighted by molar-refractivity contribution is 0.0504. The van der Waals surface area contributed by atoms with E-state index in [1.807, 2.05) is 6.92 Å². The summed E-state index contributed by atoms with van der Waals surface area (Å²) in [6.45, 7) is 13.6. The summed E-state index contributed by atoms with van der Waals surface area (Å²) >= 11 is 0. The van der Waals surface area contributed by atoms with Gasteiger partial charge in [-0.3, -0.25) is 0 Å². The summed E-state index contributed by atoms with van der Waals surface area (Å²) in [5.74, 6) is -0.857. The van der Waals surface area contributed by atoms with Gasteiger partial charge in [0.25, 0.3) is 0 Å². The highest BCUT2D eigenvalue weighted by atomic mass is 28.4. The van der Waals surface area contributed by atoms with Gasteiger partial charge in [-0.25, -0.2) is 9.18 Å². The van der Waals surface area contributed by atoms with Crippen molar-refractivity contribution in [1.82, 2.24) is 0 Å². The van der Waals surface area contributed by atoms with Gasteiger partial charge in [0, 0.05) is 6.61 Å². The third kappa shape index (κ3) is 5.73. The molecule has 5 heteroatoms. The van der Waals surface area contributed by atoms with Crippen LogP contribution in [0.5, 0.6) is 0 Å². The molecule has 0 radical (unpaired) electrons. The standard InChI is InChI=1S/C18H29FO3Si/c1-7-11-21-17(20)15-9-8-14(16(19)13-15)10-12-22-23(5,6)18(2,3)4/h8-9,13H,7,10-12H2,1-6H3. The first-order valence-corrected chi connectivity index (χ1v) is 11.1. The Morgan fingerprint density at radius 2 is 1.87 bits per heavy atom. The van der Waals surface area contributed by atoms with Crippen molar-refractivity contribution in [2.75, 3.05) is 13.2 Å². The second-order valence-electron chi connectivity index (χ2n) is 7.30. The molecule has 0 aromatic heterocycles. The Labute approximate surface area is 140 Å². The van der Waals surface area contributed by atoms with E-state index in [0.717, 1.165) is 6.42 Å². The zero-order valence-electron chi connectivity index (χ0n) is 15.2. The molecule has 0 aliphatic carbocycles. The van der Waals surface area contributed by atoms with Crippen LogP contribution in [0.3, 0.4) is 0 Å². The molecular weight excluding hydrogens is 311 g/mol. The van der Waals surface area contributed by atoms with E-state index in [2.05, 4.69) is 33.9 Å². The molecule has 0 saturated carbocycles. The number of carbonyl (C=O) groups is 1. The predicted molar refractivity (Wildman–Crippen MR) is 93.8 cm³/mol. The lowest BCUT2D eigenvalue weighted by atomic mass is 10.1. The molecule has 3 nitrogen and oxygen atoms in total. The van der Waals surface area contributed by atoms with E-state index in [1.54, 1.807) is 12.1 Å². The van der Waals surface area contributed by atoms with E-state index >= 15 is 0 Å². The third-order valence-electron chi connectivity index (χ3n) is 4.37. The van der Waals surface area contributed by atoms with Crippen molar-refractivity contribution in [3.63, 3.8) is 0 Å². The Kier molecular flexibility index (Phi) is 6.95. The SMILES string of the molecule is CCCOC(=O)c1ccc(CCO[Si](C)(C)C(C)(C)C)c(F)c1. The van der Waals surface area contributed by atoms with E-state index in [4.69, 9.17) is 9.16 Å². The van der Waals surface area contributed by atoms with Gasteiger partial charge in [-0.2, -0.15) is 0 Å². The maximum atomic E-state index is 14.1. The van der Waals surface area contributed by atoms with Crippen molar-refractivity contribution in [2.24, 2.45) is 0 Å². The highest BCUT2D eigenvalue weighted by molar-refractivity contribution is 6.74. The minimum Gasteiger partial charge on any atom is -0.462 e. The summed E-state index contributed by atoms with van der Waals surface area (Å²) < 4.78 is 25.2. The van der Waals surface area contributed by atoms with E-state index in [0.29, 0.717) is 25.2 Å². The van der Waals surface area contributed by atoms with Crippen molar-refractivity contribution in [3.05, 3.63) is 35.1 Å². The topological polar surface area (TPSA) is 35.5 Å². The van der Waals surface area contributed by atoms with Gasteiger partial charge in [-0.15, -0.1) is 0 Å². The molecule has 0 saturated heterocycles. The second-order valence-corrected chi connectivity index (χ2v) is 12.1. The number of rotatable bonds is 7. The third-order valence-corrected chi connectivity index (χ3v) is 8.90. The van der Waals surface area contributed by atoms with Gasteiger partial charge in [0.1, 0.15) is 5.82 Å². The summed E-state index contributed by atoms with van der Waals surface area (Å²) in [7, 11) is -1.82. The number of halogens is 1. The van der Waals surface area contributed by atoms with Crippen LogP contribution in [0.25, 0.3) is 0 Å². The van der Waals surface area contributed by atoms with Crippen LogP contribution < -0.4 is 0 Å². The Hall–Kier alpha value is -1.20. The summed E-state index contributed by atoms with van der Waals surface area (Å²) in [5.41, 5.74) is 0.820. The van der Waals surface area contributed by atoms with Gasteiger partial charge in [0.05, 0.1) is 12.2 Å². The minimum atomic E-state index is -1.82. The first-order valence-electron chi connectivity index (χ1n) is 8.18. The summed E-state index contributed by atoms with van der Waals surface area (Å²) in [4.78, 5) is 11.7. The number of hydrogen-bond donors (Lipinski definition) is 0. The Bertz CT molecular complexity index is 536. The summed E-state index contributed by atoms with van der Waals surface area (Å²) in [6.07, 6.45) is 1.25. The average molecular weight is 341 g/mol. The van der Waals surface area contributed by atoms with E-state index in [1.165, 1.54) is 6.07 Å². The fourth-order valence-electron chi connectivity index (χ4n) is 1.79. The smallest absolute Gasteiger partial charge is 0.338 e. The molecule has 0 heterocycles. The summed E-state index contributed by atoms with van der Waals surface area (Å²) in [5, 5.41) is 0.137. The highest BCUT2D eigenvalue weighted by Crippen LogP contribution is 2.36. The molecule has 130 valence electrons. The lowest BCUT2D eigenvalue weighted by Gasteiger charge is -2.36. The fraction of sp³-hybridized carbons (Fsp3) is 0.611. The van der Waals surface area contributed by atoms with Crippen LogP contribution in [0, 0.1) is 5.82 Å². The van der Waals surface area contributed by atoms with Gasteiger partial charge in [0.15, 0.2) is 8.32 Å². The molecule has 0 amide bonds. The van der Waals surface area contributed by atoms with Crippen molar-refractivity contribution in [2.45, 2.75) is 58.7 Å². The monoisotopic (exact) mass is 340 g/mol. The number of ether oxygens (including phenoxy) is 1. The number of esters is 1. The molecule has 0 aliphatic rings. The van der Waals surface area contributed by atoms with Crippen LogP contribution in [-0.4, -0.2) is 27.5 Å². The van der Waals surface area contributed by atoms with E-state index in [-0.39, 0.29) is 16.4 Å². The Balaban J connectivity index is 2.64. The maximum Gasteiger partial charge on any atom is 0.338 e. The van der Waals surface area contributed by atoms with Gasteiger partial charge < -0.3 is 9.16 Å². The highest BCUT2D eigenvalue weighted by Gasteiger charge is 2.36. The second kappa shape index (κ2) is 8.06. The average Bonchev–Trinajstić information content (AvgIpc) is 2.45. The van der Waals surface area contributed by atoms with Crippen LogP contribution in [0.1, 0.15) is 50.0 Å². The van der Waals surface area contributed by atoms with Crippen LogP contribution in [-0.2, 0) is 15.6 Å². The Morgan fingerprint density at radius 3 is 2.39 bits per heavy atom. The molecule has 0 aliphatic heterocycles. The Morgan fingerprint density at radius 1 is 1.22 bits per heavy atom. The van der Waals surface area contributed by atoms with Gasteiger partial charge >= 0.3 is 5.97 Å². The first kappa shape index (κ1) is 19.8. The van der Waals surface area contributed by atoms with Gasteiger partial charge in [-0.05, 0) is 48.7 Å². The molecule has 0 bridgehead atoms. The van der Waals surface area contributed by atoms with Crippen LogP contribution in [0.15, 0.2) is 18.2 Å². The molecule has 0 spiro atoms. The van der Waals surface area contributed by atoms with Gasteiger partial charge in [0.2, 0.25) is 0 Å². The molecule has 0 atom stereocenters. The van der Waals surface area contributed by atoms with E-state index in [9.17, 15) is 9.18 Å². The first-order chi connectivity index (χ1) is 10.6. The zero-order valence-corrected chi connectivity index (χ0v) is 16.2. The maximum absolute atomic E-state index is 14.1.